The van der Waals surface area contributed by atoms with E-state index < -0.39 is 5.91 Å². The molecule has 2 aliphatic heterocycles. The molecule has 4 rings (SSSR count). The van der Waals surface area contributed by atoms with Gasteiger partial charge in [0.15, 0.2) is 0 Å². The summed E-state index contributed by atoms with van der Waals surface area (Å²) in [7, 11) is 1.81. The molecule has 3 heterocycles. The van der Waals surface area contributed by atoms with Gasteiger partial charge in [0.25, 0.3) is 5.91 Å². The number of hydrogen-bond donors (Lipinski definition) is 1. The third kappa shape index (κ3) is 2.94. The highest BCUT2D eigenvalue weighted by Crippen LogP contribution is 2.52. The molecular formula is C20H29N3O3. The molecule has 6 nitrogen and oxygen atoms in total. The largest absolute Gasteiger partial charge is 0.380 e. The van der Waals surface area contributed by atoms with Crippen molar-refractivity contribution in [2.45, 2.75) is 43.7 Å². The number of methoxy groups -OCH3 is 1. The van der Waals surface area contributed by atoms with Crippen LogP contribution in [0.2, 0.25) is 0 Å². The van der Waals surface area contributed by atoms with E-state index in [2.05, 4.69) is 9.88 Å². The molecule has 1 unspecified atom stereocenters. The Balaban J connectivity index is 1.66. The van der Waals surface area contributed by atoms with Gasteiger partial charge in [-0.2, -0.15) is 0 Å². The molecule has 4 atom stereocenters. The summed E-state index contributed by atoms with van der Waals surface area (Å²) in [6.07, 6.45) is 7.58. The van der Waals surface area contributed by atoms with Gasteiger partial charge in [-0.3, -0.25) is 14.7 Å². The number of hydrogen-bond acceptors (Lipinski definition) is 5. The van der Waals surface area contributed by atoms with Gasteiger partial charge >= 0.3 is 0 Å². The van der Waals surface area contributed by atoms with E-state index in [0.29, 0.717) is 23.6 Å². The van der Waals surface area contributed by atoms with E-state index >= 15 is 0 Å². The Morgan fingerprint density at radius 1 is 1.31 bits per heavy atom. The minimum absolute atomic E-state index is 0.320. The lowest BCUT2D eigenvalue weighted by Crippen LogP contribution is -2.61. The third-order valence-corrected chi connectivity index (χ3v) is 6.68. The number of nitrogens with two attached hydrogens (primary N) is 1. The molecule has 1 saturated carbocycles. The molecule has 0 aromatic carbocycles. The van der Waals surface area contributed by atoms with E-state index in [1.54, 1.807) is 6.20 Å². The lowest BCUT2D eigenvalue weighted by molar-refractivity contribution is -0.179. The number of pyridine rings is 1. The van der Waals surface area contributed by atoms with Crippen LogP contribution in [0.1, 0.15) is 48.2 Å². The van der Waals surface area contributed by atoms with E-state index in [4.69, 9.17) is 15.2 Å². The van der Waals surface area contributed by atoms with Crippen molar-refractivity contribution < 1.29 is 14.3 Å². The van der Waals surface area contributed by atoms with Crippen LogP contribution in [0, 0.1) is 11.8 Å². The zero-order valence-corrected chi connectivity index (χ0v) is 15.5. The summed E-state index contributed by atoms with van der Waals surface area (Å²) in [5, 5.41) is 0. The molecule has 3 aliphatic rings. The average molecular weight is 359 g/mol. The maximum atomic E-state index is 11.6. The molecule has 1 aromatic rings. The molecule has 142 valence electrons. The van der Waals surface area contributed by atoms with Crippen molar-refractivity contribution in [3.63, 3.8) is 0 Å². The number of primary amides is 1. The van der Waals surface area contributed by atoms with E-state index in [0.717, 1.165) is 51.1 Å². The zero-order chi connectivity index (χ0) is 18.1. The van der Waals surface area contributed by atoms with Crippen molar-refractivity contribution in [1.82, 2.24) is 9.88 Å². The van der Waals surface area contributed by atoms with Gasteiger partial charge in [0.1, 0.15) is 11.3 Å². The Bertz CT molecular complexity index is 645. The van der Waals surface area contributed by atoms with Gasteiger partial charge in [-0.25, -0.2) is 0 Å². The molecule has 1 aromatic heterocycles. The molecule has 2 saturated heterocycles. The van der Waals surface area contributed by atoms with Crippen LogP contribution in [-0.2, 0) is 15.1 Å². The van der Waals surface area contributed by atoms with Crippen molar-refractivity contribution in [3.05, 3.63) is 29.6 Å². The number of ether oxygens (including phenoxy) is 2. The van der Waals surface area contributed by atoms with E-state index in [1.165, 1.54) is 12.8 Å². The fourth-order valence-corrected chi connectivity index (χ4v) is 5.51. The second-order valence-corrected chi connectivity index (χ2v) is 7.94. The molecule has 1 aliphatic carbocycles. The second-order valence-electron chi connectivity index (χ2n) is 7.94. The van der Waals surface area contributed by atoms with Crippen molar-refractivity contribution in [2.24, 2.45) is 17.6 Å². The van der Waals surface area contributed by atoms with Crippen LogP contribution in [0.3, 0.4) is 0 Å². The van der Waals surface area contributed by atoms with Crippen molar-refractivity contribution in [2.75, 3.05) is 33.4 Å². The predicted molar refractivity (Wildman–Crippen MR) is 97.7 cm³/mol. The Hall–Kier alpha value is -1.50. The number of piperidine rings is 1. The first-order valence-electron chi connectivity index (χ1n) is 9.78. The predicted octanol–water partition coefficient (Wildman–Crippen LogP) is 1.93. The van der Waals surface area contributed by atoms with Gasteiger partial charge in [-0.15, -0.1) is 0 Å². The third-order valence-electron chi connectivity index (χ3n) is 6.68. The molecule has 2 bridgehead atoms. The molecule has 26 heavy (non-hydrogen) atoms. The number of rotatable bonds is 4. The first kappa shape index (κ1) is 17.9. The quantitative estimate of drug-likeness (QED) is 0.889. The maximum Gasteiger partial charge on any atom is 0.267 e. The standard InChI is InChI=1S/C20H29N3O3/c1-25-20(14-7-8-22-18(10-14)19(21)24)15-4-2-5-16(20)12-23(11-15)17-6-3-9-26-13-17/h7-8,10,15-17H,2-6,9,11-13H2,1H3,(H2,21,24)/t15-,16+,17-,20?/m1/s1. The summed E-state index contributed by atoms with van der Waals surface area (Å²) in [6, 6.07) is 4.37. The van der Waals surface area contributed by atoms with Gasteiger partial charge in [-0.05, 0) is 43.4 Å². The first-order chi connectivity index (χ1) is 12.6. The monoisotopic (exact) mass is 359 g/mol. The second kappa shape index (κ2) is 7.25. The summed E-state index contributed by atoms with van der Waals surface area (Å²) >= 11 is 0. The smallest absolute Gasteiger partial charge is 0.267 e. The Morgan fingerprint density at radius 3 is 2.69 bits per heavy atom. The molecule has 3 fully saturated rings. The zero-order valence-electron chi connectivity index (χ0n) is 15.5. The van der Waals surface area contributed by atoms with Crippen LogP contribution >= 0.6 is 0 Å². The van der Waals surface area contributed by atoms with Crippen LogP contribution in [0.25, 0.3) is 0 Å². The van der Waals surface area contributed by atoms with Crippen molar-refractivity contribution in [1.29, 1.82) is 0 Å². The normalized spacial score (nSPS) is 35.2. The van der Waals surface area contributed by atoms with Gasteiger partial charge in [0.2, 0.25) is 0 Å². The Labute approximate surface area is 155 Å². The number of nitrogens with zero attached hydrogens (tertiary/aromatic N) is 2. The van der Waals surface area contributed by atoms with Gasteiger partial charge in [0, 0.05) is 50.9 Å². The number of likely N-dealkylation sites (tertiary alicyclic amines) is 1. The number of fused-ring (bicyclic) bond motifs is 2. The van der Waals surface area contributed by atoms with Gasteiger partial charge in [0.05, 0.1) is 6.61 Å². The molecule has 1 amide bonds. The summed E-state index contributed by atoms with van der Waals surface area (Å²) < 4.78 is 12.0. The van der Waals surface area contributed by atoms with Crippen LogP contribution in [0.4, 0.5) is 0 Å². The number of aromatic nitrogens is 1. The molecular weight excluding hydrogens is 330 g/mol. The van der Waals surface area contributed by atoms with Gasteiger partial charge in [-0.1, -0.05) is 6.42 Å². The highest BCUT2D eigenvalue weighted by molar-refractivity contribution is 5.90. The van der Waals surface area contributed by atoms with Crippen LogP contribution in [-0.4, -0.2) is 55.2 Å². The maximum absolute atomic E-state index is 11.6. The van der Waals surface area contributed by atoms with Gasteiger partial charge < -0.3 is 15.2 Å². The first-order valence-corrected chi connectivity index (χ1v) is 9.78. The van der Waals surface area contributed by atoms with E-state index in [-0.39, 0.29) is 5.60 Å². The summed E-state index contributed by atoms with van der Waals surface area (Å²) in [6.45, 7) is 3.78. The average Bonchev–Trinajstić information content (AvgIpc) is 2.67. The minimum Gasteiger partial charge on any atom is -0.380 e. The van der Waals surface area contributed by atoms with Crippen LogP contribution in [0.15, 0.2) is 18.3 Å². The lowest BCUT2D eigenvalue weighted by Gasteiger charge is -2.57. The summed E-state index contributed by atoms with van der Waals surface area (Å²) in [5.41, 5.74) is 6.49. The molecule has 6 heteroatoms. The Kier molecular flexibility index (Phi) is 4.99. The molecule has 0 radical (unpaired) electrons. The fraction of sp³-hybridized carbons (Fsp3) is 0.700. The minimum atomic E-state index is -0.486. The topological polar surface area (TPSA) is 77.7 Å². The summed E-state index contributed by atoms with van der Waals surface area (Å²) in [4.78, 5) is 18.4. The molecule has 0 spiro atoms. The Morgan fingerprint density at radius 2 is 2.08 bits per heavy atom. The lowest BCUT2D eigenvalue weighted by atomic mass is 9.62. The van der Waals surface area contributed by atoms with Crippen LogP contribution < -0.4 is 5.73 Å². The van der Waals surface area contributed by atoms with Crippen molar-refractivity contribution in [3.8, 4) is 0 Å². The number of amides is 1. The number of carbonyl (C=O) groups is 1. The fourth-order valence-electron chi connectivity index (χ4n) is 5.51. The van der Waals surface area contributed by atoms with E-state index in [9.17, 15) is 4.79 Å². The van der Waals surface area contributed by atoms with Crippen molar-refractivity contribution >= 4 is 5.91 Å². The number of carbonyl (C=O) groups excluding carboxylic acids is 1. The highest BCUT2D eigenvalue weighted by Gasteiger charge is 2.54. The van der Waals surface area contributed by atoms with Crippen LogP contribution in [0.5, 0.6) is 0 Å². The molecule has 2 N–H and O–H groups in total. The highest BCUT2D eigenvalue weighted by atomic mass is 16.5. The van der Waals surface area contributed by atoms with E-state index in [1.807, 2.05) is 19.2 Å². The SMILES string of the molecule is COC1(c2ccnc(C(N)=O)c2)[C@@H]2CCC[C@H]1CN([C@@H]1CCCOC1)C2. The summed E-state index contributed by atoms with van der Waals surface area (Å²) in [5.74, 6) is 0.329.